The van der Waals surface area contributed by atoms with Gasteiger partial charge in [0.25, 0.3) is 11.1 Å². The molecule has 2 rings (SSSR count). The minimum Gasteiger partial charge on any atom is -0.459 e. The summed E-state index contributed by atoms with van der Waals surface area (Å²) in [5.41, 5.74) is 0.346. The number of benzene rings is 1. The number of amides is 1. The van der Waals surface area contributed by atoms with E-state index in [-0.39, 0.29) is 16.5 Å². The van der Waals surface area contributed by atoms with Crippen molar-refractivity contribution in [3.8, 4) is 5.19 Å². The molecule has 0 saturated carbocycles. The topological polar surface area (TPSA) is 55.3 Å². The first kappa shape index (κ1) is 18.1. The number of aromatic nitrogens is 2. The number of halogens is 4. The molecule has 0 radical (unpaired) electrons. The van der Waals surface area contributed by atoms with E-state index in [0.717, 1.165) is 0 Å². The molecular formula is C14H13F4N3O2S. The summed E-state index contributed by atoms with van der Waals surface area (Å²) >= 11 is 0.205. The summed E-state index contributed by atoms with van der Waals surface area (Å²) in [5.74, 6) is -1.02. The van der Waals surface area contributed by atoms with Crippen molar-refractivity contribution in [3.63, 3.8) is 0 Å². The van der Waals surface area contributed by atoms with Crippen molar-refractivity contribution in [2.24, 2.45) is 0 Å². The molecule has 0 aliphatic heterocycles. The van der Waals surface area contributed by atoms with Crippen LogP contribution in [0.3, 0.4) is 0 Å². The van der Waals surface area contributed by atoms with Crippen molar-refractivity contribution >= 4 is 22.9 Å². The van der Waals surface area contributed by atoms with Crippen LogP contribution in [-0.4, -0.2) is 29.3 Å². The molecule has 1 aromatic heterocycles. The molecule has 2 aromatic rings. The quantitative estimate of drug-likeness (QED) is 0.737. The standard InChI is InChI=1S/C14H13F4N3O2S/c1-2-6-21(10-5-3-4-9(15)7-10)11(22)8-23-13-20-19-12(24-13)14(16,17)18/h3-5,7H,2,6,8H2,1H3. The normalized spacial score (nSPS) is 11.4. The second-order valence-electron chi connectivity index (χ2n) is 4.68. The smallest absolute Gasteiger partial charge is 0.445 e. The molecule has 0 unspecified atom stereocenters. The molecule has 130 valence electrons. The number of ether oxygens (including phenoxy) is 1. The van der Waals surface area contributed by atoms with Crippen molar-refractivity contribution in [2.45, 2.75) is 19.5 Å². The van der Waals surface area contributed by atoms with Gasteiger partial charge in [0.15, 0.2) is 6.61 Å². The van der Waals surface area contributed by atoms with Crippen LogP contribution < -0.4 is 9.64 Å². The summed E-state index contributed by atoms with van der Waals surface area (Å²) < 4.78 is 55.6. The number of carbonyl (C=O) groups is 1. The van der Waals surface area contributed by atoms with Crippen LogP contribution in [0.2, 0.25) is 0 Å². The third-order valence-electron chi connectivity index (χ3n) is 2.84. The lowest BCUT2D eigenvalue weighted by molar-refractivity contribution is -0.138. The Morgan fingerprint density at radius 2 is 2.08 bits per heavy atom. The van der Waals surface area contributed by atoms with Crippen molar-refractivity contribution < 1.29 is 27.1 Å². The molecule has 0 atom stereocenters. The van der Waals surface area contributed by atoms with E-state index in [2.05, 4.69) is 10.2 Å². The van der Waals surface area contributed by atoms with Gasteiger partial charge in [0, 0.05) is 12.2 Å². The van der Waals surface area contributed by atoms with E-state index in [1.807, 2.05) is 6.92 Å². The van der Waals surface area contributed by atoms with Gasteiger partial charge in [0.2, 0.25) is 5.01 Å². The van der Waals surface area contributed by atoms with Gasteiger partial charge in [-0.2, -0.15) is 13.2 Å². The molecule has 1 heterocycles. The lowest BCUT2D eigenvalue weighted by atomic mass is 10.2. The van der Waals surface area contributed by atoms with Gasteiger partial charge in [-0.15, -0.1) is 5.10 Å². The molecule has 1 amide bonds. The van der Waals surface area contributed by atoms with Gasteiger partial charge in [-0.1, -0.05) is 29.4 Å². The van der Waals surface area contributed by atoms with E-state index in [1.165, 1.54) is 23.1 Å². The number of nitrogens with zero attached hydrogens (tertiary/aromatic N) is 3. The van der Waals surface area contributed by atoms with E-state index in [9.17, 15) is 22.4 Å². The molecule has 1 aromatic carbocycles. The van der Waals surface area contributed by atoms with Crippen LogP contribution in [0, 0.1) is 5.82 Å². The minimum absolute atomic E-state index is 0.205. The van der Waals surface area contributed by atoms with Gasteiger partial charge >= 0.3 is 6.18 Å². The fourth-order valence-corrected chi connectivity index (χ4v) is 2.41. The van der Waals surface area contributed by atoms with Gasteiger partial charge in [0.1, 0.15) is 5.82 Å². The maximum atomic E-state index is 13.3. The Morgan fingerprint density at radius 3 is 2.67 bits per heavy atom. The van der Waals surface area contributed by atoms with Crippen LogP contribution in [0.4, 0.5) is 23.2 Å². The summed E-state index contributed by atoms with van der Waals surface area (Å²) in [6.07, 6.45) is -4.00. The Bertz CT molecular complexity index is 705. The van der Waals surface area contributed by atoms with E-state index in [1.54, 1.807) is 6.07 Å². The summed E-state index contributed by atoms with van der Waals surface area (Å²) in [5, 5.41) is 4.70. The Hall–Kier alpha value is -2.23. The largest absolute Gasteiger partial charge is 0.459 e. The molecule has 24 heavy (non-hydrogen) atoms. The highest BCUT2D eigenvalue weighted by Gasteiger charge is 2.36. The minimum atomic E-state index is -4.61. The molecular weight excluding hydrogens is 350 g/mol. The van der Waals surface area contributed by atoms with Crippen LogP contribution in [0.5, 0.6) is 5.19 Å². The van der Waals surface area contributed by atoms with Crippen molar-refractivity contribution in [1.82, 2.24) is 10.2 Å². The number of hydrogen-bond acceptors (Lipinski definition) is 5. The molecule has 10 heteroatoms. The first-order valence-electron chi connectivity index (χ1n) is 6.90. The highest BCUT2D eigenvalue weighted by atomic mass is 32.1. The highest BCUT2D eigenvalue weighted by Crippen LogP contribution is 2.33. The predicted octanol–water partition coefficient (Wildman–Crippen LogP) is 3.52. The lowest BCUT2D eigenvalue weighted by Crippen LogP contribution is -2.35. The highest BCUT2D eigenvalue weighted by molar-refractivity contribution is 7.13. The summed E-state index contributed by atoms with van der Waals surface area (Å²) in [6, 6.07) is 5.46. The fraction of sp³-hybridized carbons (Fsp3) is 0.357. The maximum Gasteiger partial charge on any atom is 0.445 e. The number of rotatable bonds is 6. The van der Waals surface area contributed by atoms with Crippen LogP contribution in [0.1, 0.15) is 18.4 Å². The zero-order valence-electron chi connectivity index (χ0n) is 12.5. The summed E-state index contributed by atoms with van der Waals surface area (Å²) in [6.45, 7) is 1.62. The zero-order chi connectivity index (χ0) is 17.7. The number of hydrogen-bond donors (Lipinski definition) is 0. The van der Waals surface area contributed by atoms with Crippen LogP contribution >= 0.6 is 11.3 Å². The molecule has 0 N–H and O–H groups in total. The van der Waals surface area contributed by atoms with Crippen LogP contribution in [-0.2, 0) is 11.0 Å². The first-order valence-corrected chi connectivity index (χ1v) is 7.72. The summed E-state index contributed by atoms with van der Waals surface area (Å²) in [4.78, 5) is 13.5. The molecule has 0 aliphatic rings. The van der Waals surface area contributed by atoms with E-state index in [4.69, 9.17) is 4.74 Å². The second kappa shape index (κ2) is 7.56. The zero-order valence-corrected chi connectivity index (χ0v) is 13.3. The van der Waals surface area contributed by atoms with Gasteiger partial charge in [0.05, 0.1) is 0 Å². The van der Waals surface area contributed by atoms with Crippen molar-refractivity contribution in [1.29, 1.82) is 0 Å². The third-order valence-corrected chi connectivity index (χ3v) is 3.72. The maximum absolute atomic E-state index is 13.3. The SMILES string of the molecule is CCCN(C(=O)COc1nnc(C(F)(F)F)s1)c1cccc(F)c1. The van der Waals surface area contributed by atoms with Crippen molar-refractivity contribution in [2.75, 3.05) is 18.1 Å². The van der Waals surface area contributed by atoms with Gasteiger partial charge < -0.3 is 9.64 Å². The van der Waals surface area contributed by atoms with Crippen LogP contribution in [0.15, 0.2) is 24.3 Å². The summed E-state index contributed by atoms with van der Waals surface area (Å²) in [7, 11) is 0. The first-order chi connectivity index (χ1) is 11.3. The fourth-order valence-electron chi connectivity index (χ4n) is 1.85. The van der Waals surface area contributed by atoms with Gasteiger partial charge in [-0.25, -0.2) is 4.39 Å². The van der Waals surface area contributed by atoms with Gasteiger partial charge in [-0.3, -0.25) is 4.79 Å². The number of carbonyl (C=O) groups excluding carboxylic acids is 1. The van der Waals surface area contributed by atoms with Crippen molar-refractivity contribution in [3.05, 3.63) is 35.1 Å². The van der Waals surface area contributed by atoms with Gasteiger partial charge in [-0.05, 0) is 24.6 Å². The van der Waals surface area contributed by atoms with E-state index >= 15 is 0 Å². The molecule has 5 nitrogen and oxygen atoms in total. The average Bonchev–Trinajstić information content (AvgIpc) is 2.99. The third kappa shape index (κ3) is 4.63. The van der Waals surface area contributed by atoms with E-state index in [0.29, 0.717) is 18.7 Å². The number of anilines is 1. The second-order valence-corrected chi connectivity index (χ2v) is 5.62. The monoisotopic (exact) mass is 363 g/mol. The Morgan fingerprint density at radius 1 is 1.33 bits per heavy atom. The Balaban J connectivity index is 2.04. The average molecular weight is 363 g/mol. The van der Waals surface area contributed by atoms with Crippen LogP contribution in [0.25, 0.3) is 0 Å². The Labute approximate surface area is 138 Å². The molecule has 0 spiro atoms. The molecule has 0 aliphatic carbocycles. The molecule has 0 bridgehead atoms. The molecule has 0 fully saturated rings. The van der Waals surface area contributed by atoms with E-state index < -0.39 is 29.5 Å². The molecule has 0 saturated heterocycles. The Kier molecular flexibility index (Phi) is 5.71. The number of alkyl halides is 3. The predicted molar refractivity (Wildman–Crippen MR) is 79.5 cm³/mol. The lowest BCUT2D eigenvalue weighted by Gasteiger charge is -2.22.